The average Bonchev–Trinajstić information content (AvgIpc) is 2.25. The molecule has 0 saturated carbocycles. The first-order chi connectivity index (χ1) is 7.68. The molecule has 0 N–H and O–H groups in total. The number of nitrogens with zero attached hydrogens (tertiary/aromatic N) is 1. The van der Waals surface area contributed by atoms with Crippen molar-refractivity contribution < 1.29 is 28.5 Å². The standard InChI is InChI=1S/C14H31ClN.HI/c1-4-6-8-10-13-16(3,14-11-15)12-9-7-5-2;/h4-14H2,1-3H3;1H/q+1;/p-1. The lowest BCUT2D eigenvalue weighted by atomic mass is 10.1. The van der Waals surface area contributed by atoms with E-state index in [1.54, 1.807) is 0 Å². The molecule has 0 amide bonds. The fourth-order valence-electron chi connectivity index (χ4n) is 2.20. The van der Waals surface area contributed by atoms with Gasteiger partial charge in [-0.05, 0) is 25.7 Å². The molecule has 0 heterocycles. The number of hydrogen-bond donors (Lipinski definition) is 0. The van der Waals surface area contributed by atoms with E-state index in [1.165, 1.54) is 62.5 Å². The Hall–Kier alpha value is 0.980. The minimum absolute atomic E-state index is 0. The van der Waals surface area contributed by atoms with Gasteiger partial charge < -0.3 is 28.5 Å². The third kappa shape index (κ3) is 11.8. The quantitative estimate of drug-likeness (QED) is 0.222. The molecule has 0 aliphatic rings. The molecule has 0 aromatic carbocycles. The van der Waals surface area contributed by atoms with Crippen LogP contribution in [0.4, 0.5) is 0 Å². The maximum atomic E-state index is 5.92. The van der Waals surface area contributed by atoms with Gasteiger partial charge in [0.2, 0.25) is 0 Å². The molecular weight excluding hydrogens is 345 g/mol. The largest absolute Gasteiger partial charge is 1.00 e. The first-order valence-corrected chi connectivity index (χ1v) is 7.61. The molecule has 0 bridgehead atoms. The van der Waals surface area contributed by atoms with E-state index in [9.17, 15) is 0 Å². The van der Waals surface area contributed by atoms with Gasteiger partial charge in [-0.2, -0.15) is 0 Å². The number of hydrogen-bond acceptors (Lipinski definition) is 0. The highest BCUT2D eigenvalue weighted by molar-refractivity contribution is 6.17. The Kier molecular flexibility index (Phi) is 16.0. The summed E-state index contributed by atoms with van der Waals surface area (Å²) in [5, 5.41) is 0. The molecular formula is C14H31ClIN. The van der Waals surface area contributed by atoms with Gasteiger partial charge in [0, 0.05) is 0 Å². The van der Waals surface area contributed by atoms with Crippen molar-refractivity contribution in [1.29, 1.82) is 0 Å². The fraction of sp³-hybridized carbons (Fsp3) is 1.00. The van der Waals surface area contributed by atoms with E-state index in [2.05, 4.69) is 20.9 Å². The molecule has 1 atom stereocenters. The Morgan fingerprint density at radius 2 is 1.24 bits per heavy atom. The van der Waals surface area contributed by atoms with Gasteiger partial charge in [0.05, 0.1) is 32.6 Å². The summed E-state index contributed by atoms with van der Waals surface area (Å²) in [5.41, 5.74) is 0. The van der Waals surface area contributed by atoms with Gasteiger partial charge in [-0.3, -0.25) is 0 Å². The first-order valence-electron chi connectivity index (χ1n) is 7.08. The van der Waals surface area contributed by atoms with E-state index in [0.717, 1.165) is 12.4 Å². The number of rotatable bonds is 11. The van der Waals surface area contributed by atoms with E-state index in [0.29, 0.717) is 0 Å². The van der Waals surface area contributed by atoms with Crippen molar-refractivity contribution in [3.63, 3.8) is 0 Å². The van der Waals surface area contributed by atoms with Crippen LogP contribution in [0, 0.1) is 0 Å². The highest BCUT2D eigenvalue weighted by Crippen LogP contribution is 2.11. The predicted molar refractivity (Wildman–Crippen MR) is 75.2 cm³/mol. The monoisotopic (exact) mass is 375 g/mol. The molecule has 0 aromatic heterocycles. The summed E-state index contributed by atoms with van der Waals surface area (Å²) in [4.78, 5) is 0. The minimum atomic E-state index is 0. The van der Waals surface area contributed by atoms with Crippen LogP contribution in [-0.2, 0) is 0 Å². The lowest BCUT2D eigenvalue weighted by Crippen LogP contribution is -3.00. The van der Waals surface area contributed by atoms with E-state index in [1.807, 2.05) is 0 Å². The summed E-state index contributed by atoms with van der Waals surface area (Å²) in [5.74, 6) is 0.802. The smallest absolute Gasteiger partial charge is 0.0922 e. The summed E-state index contributed by atoms with van der Waals surface area (Å²) in [6.07, 6.45) is 9.51. The van der Waals surface area contributed by atoms with Crippen molar-refractivity contribution in [3.8, 4) is 0 Å². The van der Waals surface area contributed by atoms with Gasteiger partial charge >= 0.3 is 0 Å². The molecule has 3 heteroatoms. The zero-order valence-corrected chi connectivity index (χ0v) is 14.9. The summed E-state index contributed by atoms with van der Waals surface area (Å²) in [7, 11) is 2.38. The first kappa shape index (κ1) is 20.3. The molecule has 1 nitrogen and oxygen atoms in total. The van der Waals surface area contributed by atoms with Gasteiger partial charge in [0.15, 0.2) is 0 Å². The number of halogens is 2. The van der Waals surface area contributed by atoms with Crippen LogP contribution in [0.3, 0.4) is 0 Å². The Morgan fingerprint density at radius 1 is 0.765 bits per heavy atom. The maximum absolute atomic E-state index is 5.92. The van der Waals surface area contributed by atoms with E-state index in [-0.39, 0.29) is 24.0 Å². The molecule has 0 aliphatic heterocycles. The van der Waals surface area contributed by atoms with Gasteiger partial charge in [0.1, 0.15) is 0 Å². The highest BCUT2D eigenvalue weighted by atomic mass is 127. The highest BCUT2D eigenvalue weighted by Gasteiger charge is 2.19. The number of unbranched alkanes of at least 4 members (excludes halogenated alkanes) is 5. The molecule has 0 saturated heterocycles. The van der Waals surface area contributed by atoms with Crippen LogP contribution in [0.5, 0.6) is 0 Å². The third-order valence-electron chi connectivity index (χ3n) is 3.48. The lowest BCUT2D eigenvalue weighted by Gasteiger charge is -2.34. The molecule has 0 spiro atoms. The van der Waals surface area contributed by atoms with Gasteiger partial charge in [0.25, 0.3) is 0 Å². The van der Waals surface area contributed by atoms with Crippen molar-refractivity contribution in [2.45, 2.75) is 58.8 Å². The van der Waals surface area contributed by atoms with E-state index in [4.69, 9.17) is 11.6 Å². The van der Waals surface area contributed by atoms with Crippen molar-refractivity contribution in [3.05, 3.63) is 0 Å². The third-order valence-corrected chi connectivity index (χ3v) is 3.65. The van der Waals surface area contributed by atoms with Crippen molar-refractivity contribution in [2.75, 3.05) is 32.6 Å². The van der Waals surface area contributed by atoms with Crippen LogP contribution in [0.25, 0.3) is 0 Å². The van der Waals surface area contributed by atoms with E-state index >= 15 is 0 Å². The molecule has 0 radical (unpaired) electrons. The SMILES string of the molecule is CCCCCC[N+](C)(CCCl)CCCCC.[I-]. The molecule has 0 rings (SSSR count). The lowest BCUT2D eigenvalue weighted by molar-refractivity contribution is -0.907. The van der Waals surface area contributed by atoms with Crippen LogP contribution in [-0.4, -0.2) is 37.0 Å². The summed E-state index contributed by atoms with van der Waals surface area (Å²) < 4.78 is 1.19. The molecule has 1 unspecified atom stereocenters. The molecule has 0 fully saturated rings. The average molecular weight is 376 g/mol. The van der Waals surface area contributed by atoms with Gasteiger partial charge in [-0.1, -0.05) is 33.1 Å². The topological polar surface area (TPSA) is 0 Å². The second kappa shape index (κ2) is 13.4. The number of alkyl halides is 1. The maximum Gasteiger partial charge on any atom is 0.0922 e. The van der Waals surface area contributed by atoms with Crippen LogP contribution in [0.1, 0.15) is 58.8 Å². The predicted octanol–water partition coefficient (Wildman–Crippen LogP) is 1.45. The van der Waals surface area contributed by atoms with Crippen LogP contribution in [0.15, 0.2) is 0 Å². The van der Waals surface area contributed by atoms with Crippen molar-refractivity contribution in [2.24, 2.45) is 0 Å². The molecule has 106 valence electrons. The minimum Gasteiger partial charge on any atom is -1.00 e. The molecule has 17 heavy (non-hydrogen) atoms. The van der Waals surface area contributed by atoms with E-state index < -0.39 is 0 Å². The van der Waals surface area contributed by atoms with Crippen LogP contribution >= 0.6 is 11.6 Å². The van der Waals surface area contributed by atoms with Gasteiger partial charge in [-0.15, -0.1) is 11.6 Å². The molecule has 0 aromatic rings. The number of quaternary nitrogens is 1. The Bertz CT molecular complexity index is 155. The van der Waals surface area contributed by atoms with Crippen molar-refractivity contribution in [1.82, 2.24) is 0 Å². The molecule has 0 aliphatic carbocycles. The summed E-state index contributed by atoms with van der Waals surface area (Å²) in [6, 6.07) is 0. The zero-order chi connectivity index (χ0) is 12.3. The Balaban J connectivity index is 0. The summed E-state index contributed by atoms with van der Waals surface area (Å²) >= 11 is 5.92. The van der Waals surface area contributed by atoms with Crippen molar-refractivity contribution >= 4 is 11.6 Å². The van der Waals surface area contributed by atoms with Crippen LogP contribution in [0.2, 0.25) is 0 Å². The second-order valence-corrected chi connectivity index (χ2v) is 5.63. The van der Waals surface area contributed by atoms with Crippen LogP contribution < -0.4 is 24.0 Å². The normalized spacial score (nSPS) is 14.1. The summed E-state index contributed by atoms with van der Waals surface area (Å²) in [6.45, 7) is 8.31. The Morgan fingerprint density at radius 3 is 1.71 bits per heavy atom. The second-order valence-electron chi connectivity index (χ2n) is 5.25. The zero-order valence-electron chi connectivity index (χ0n) is 12.0. The fourth-order valence-corrected chi connectivity index (χ4v) is 2.61. The van der Waals surface area contributed by atoms with Gasteiger partial charge in [-0.25, -0.2) is 0 Å². The Labute approximate surface area is 131 Å².